The molecule has 7 heteroatoms. The maximum absolute atomic E-state index is 12.8. The van der Waals surface area contributed by atoms with Gasteiger partial charge in [-0.2, -0.15) is 0 Å². The number of aromatic nitrogens is 2. The zero-order valence-corrected chi connectivity index (χ0v) is 14.9. The van der Waals surface area contributed by atoms with Crippen molar-refractivity contribution < 1.29 is 14.4 Å². The number of benzene rings is 1. The van der Waals surface area contributed by atoms with Crippen LogP contribution in [0.5, 0.6) is 0 Å². The molecule has 4 heterocycles. The van der Waals surface area contributed by atoms with Crippen molar-refractivity contribution in [2.75, 3.05) is 0 Å². The summed E-state index contributed by atoms with van der Waals surface area (Å²) in [6, 6.07) is 10.7. The predicted molar refractivity (Wildman–Crippen MR) is 101 cm³/mol. The molecule has 1 N–H and O–H groups in total. The zero-order valence-electron chi connectivity index (χ0n) is 14.9. The molecule has 0 saturated carbocycles. The summed E-state index contributed by atoms with van der Waals surface area (Å²) in [5, 5.41) is 3.32. The summed E-state index contributed by atoms with van der Waals surface area (Å²) in [5.74, 6) is -0.875. The van der Waals surface area contributed by atoms with Gasteiger partial charge in [0.2, 0.25) is 11.8 Å². The number of hydrogen-bond acceptors (Lipinski definition) is 5. The molecule has 3 amide bonds. The lowest BCUT2D eigenvalue weighted by Crippen LogP contribution is -2.52. The first-order chi connectivity index (χ1) is 13.6. The Bertz CT molecular complexity index is 1150. The van der Waals surface area contributed by atoms with Gasteiger partial charge in [-0.3, -0.25) is 29.7 Å². The van der Waals surface area contributed by atoms with Gasteiger partial charge in [0.15, 0.2) is 0 Å². The van der Waals surface area contributed by atoms with Crippen molar-refractivity contribution in [3.63, 3.8) is 0 Å². The Morgan fingerprint density at radius 2 is 1.93 bits per heavy atom. The van der Waals surface area contributed by atoms with Crippen LogP contribution in [0.15, 0.2) is 48.8 Å². The number of nitrogens with one attached hydrogen (secondary N) is 1. The second-order valence-corrected chi connectivity index (χ2v) is 7.01. The normalized spacial score (nSPS) is 19.1. The van der Waals surface area contributed by atoms with Gasteiger partial charge >= 0.3 is 0 Å². The Morgan fingerprint density at radius 3 is 2.79 bits per heavy atom. The summed E-state index contributed by atoms with van der Waals surface area (Å²) >= 11 is 0. The number of hydrogen-bond donors (Lipinski definition) is 1. The highest BCUT2D eigenvalue weighted by atomic mass is 16.2. The highest BCUT2D eigenvalue weighted by Gasteiger charge is 2.39. The van der Waals surface area contributed by atoms with E-state index in [1.54, 1.807) is 23.4 Å². The largest absolute Gasteiger partial charge is 0.322 e. The first-order valence-electron chi connectivity index (χ1n) is 9.09. The lowest BCUT2D eigenvalue weighted by molar-refractivity contribution is -0.136. The number of fused-ring (bicyclic) bond motifs is 2. The minimum absolute atomic E-state index is 0.181. The van der Waals surface area contributed by atoms with Gasteiger partial charge in [-0.05, 0) is 36.2 Å². The summed E-state index contributed by atoms with van der Waals surface area (Å²) in [4.78, 5) is 46.9. The molecular formula is C21H16N4O3. The number of piperidine rings is 1. The van der Waals surface area contributed by atoms with E-state index in [-0.39, 0.29) is 18.2 Å². The van der Waals surface area contributed by atoms with E-state index in [0.717, 1.165) is 27.7 Å². The van der Waals surface area contributed by atoms with E-state index in [0.29, 0.717) is 18.5 Å². The Hall–Kier alpha value is -3.61. The van der Waals surface area contributed by atoms with Crippen molar-refractivity contribution >= 4 is 28.6 Å². The predicted octanol–water partition coefficient (Wildman–Crippen LogP) is 2.06. The number of imide groups is 1. The molecule has 0 bridgehead atoms. The van der Waals surface area contributed by atoms with Crippen LogP contribution in [-0.2, 0) is 16.1 Å². The number of carbonyl (C=O) groups is 3. The molecule has 138 valence electrons. The first-order valence-corrected chi connectivity index (χ1v) is 9.09. The van der Waals surface area contributed by atoms with Crippen LogP contribution in [0.1, 0.15) is 28.8 Å². The van der Waals surface area contributed by atoms with Crippen molar-refractivity contribution in [2.24, 2.45) is 0 Å². The van der Waals surface area contributed by atoms with Crippen LogP contribution in [-0.4, -0.2) is 38.6 Å². The van der Waals surface area contributed by atoms with Crippen LogP contribution >= 0.6 is 0 Å². The van der Waals surface area contributed by atoms with Gasteiger partial charge in [0.1, 0.15) is 6.04 Å². The number of amides is 3. The molecule has 5 rings (SSSR count). The van der Waals surface area contributed by atoms with Gasteiger partial charge in [-0.25, -0.2) is 0 Å². The van der Waals surface area contributed by atoms with Crippen LogP contribution in [0.3, 0.4) is 0 Å². The van der Waals surface area contributed by atoms with Crippen LogP contribution in [0.2, 0.25) is 0 Å². The monoisotopic (exact) mass is 372 g/mol. The molecule has 1 saturated heterocycles. The quantitative estimate of drug-likeness (QED) is 0.695. The van der Waals surface area contributed by atoms with Gasteiger partial charge in [0.05, 0.1) is 11.2 Å². The van der Waals surface area contributed by atoms with E-state index in [4.69, 9.17) is 0 Å². The summed E-state index contributed by atoms with van der Waals surface area (Å²) in [7, 11) is 0. The zero-order chi connectivity index (χ0) is 19.3. The van der Waals surface area contributed by atoms with Crippen molar-refractivity contribution in [3.05, 3.63) is 59.9 Å². The fourth-order valence-electron chi connectivity index (χ4n) is 3.94. The fourth-order valence-corrected chi connectivity index (χ4v) is 3.94. The number of pyridine rings is 2. The molecule has 7 nitrogen and oxygen atoms in total. The maximum Gasteiger partial charge on any atom is 0.255 e. The number of carbonyl (C=O) groups excluding carboxylic acids is 3. The third-order valence-corrected chi connectivity index (χ3v) is 5.32. The van der Waals surface area contributed by atoms with Crippen LogP contribution in [0, 0.1) is 0 Å². The number of nitrogens with zero attached hydrogens (tertiary/aromatic N) is 3. The molecule has 1 fully saturated rings. The molecule has 1 atom stereocenters. The van der Waals surface area contributed by atoms with Gasteiger partial charge in [-0.1, -0.05) is 12.1 Å². The minimum Gasteiger partial charge on any atom is -0.322 e. The van der Waals surface area contributed by atoms with Gasteiger partial charge in [0, 0.05) is 41.9 Å². The van der Waals surface area contributed by atoms with Crippen molar-refractivity contribution in [1.29, 1.82) is 0 Å². The van der Waals surface area contributed by atoms with E-state index < -0.39 is 11.9 Å². The standard InChI is InChI=1S/C21H16N4O3/c26-17-6-5-16(20(27)24-17)25-11-14-10-13(3-4-15(14)21(25)28)19-18-12(7-9-23-19)2-1-8-22-18/h1-4,7-10,16H,5-6,11H2,(H,24,26,27). The molecule has 0 spiro atoms. The Kier molecular flexibility index (Phi) is 3.68. The van der Waals surface area contributed by atoms with Crippen molar-refractivity contribution in [2.45, 2.75) is 25.4 Å². The molecule has 3 aromatic rings. The third-order valence-electron chi connectivity index (χ3n) is 5.32. The first kappa shape index (κ1) is 16.6. The van der Waals surface area contributed by atoms with E-state index in [1.807, 2.05) is 30.3 Å². The molecule has 28 heavy (non-hydrogen) atoms. The van der Waals surface area contributed by atoms with Crippen LogP contribution in [0.25, 0.3) is 22.2 Å². The van der Waals surface area contributed by atoms with E-state index in [1.165, 1.54) is 0 Å². The fraction of sp³-hybridized carbons (Fsp3) is 0.190. The molecule has 1 aromatic carbocycles. The lowest BCUT2D eigenvalue weighted by Gasteiger charge is -2.29. The molecule has 1 unspecified atom stereocenters. The topological polar surface area (TPSA) is 92.3 Å². The second kappa shape index (κ2) is 6.23. The average Bonchev–Trinajstić information content (AvgIpc) is 3.03. The van der Waals surface area contributed by atoms with E-state index >= 15 is 0 Å². The van der Waals surface area contributed by atoms with Crippen LogP contribution in [0.4, 0.5) is 0 Å². The van der Waals surface area contributed by atoms with Gasteiger partial charge < -0.3 is 4.90 Å². The molecule has 2 aliphatic rings. The SMILES string of the molecule is O=C1CCC(N2Cc3cc(-c4nccc5cccnc45)ccc3C2=O)C(=O)N1. The van der Waals surface area contributed by atoms with E-state index in [2.05, 4.69) is 15.3 Å². The van der Waals surface area contributed by atoms with Gasteiger partial charge in [0.25, 0.3) is 5.91 Å². The summed E-state index contributed by atoms with van der Waals surface area (Å²) in [5.41, 5.74) is 3.87. The van der Waals surface area contributed by atoms with Crippen molar-refractivity contribution in [3.8, 4) is 11.3 Å². The minimum atomic E-state index is -0.613. The summed E-state index contributed by atoms with van der Waals surface area (Å²) in [6.07, 6.45) is 4.07. The average molecular weight is 372 g/mol. The highest BCUT2D eigenvalue weighted by Crippen LogP contribution is 2.32. The molecule has 2 aliphatic heterocycles. The molecule has 0 radical (unpaired) electrons. The number of rotatable bonds is 2. The maximum atomic E-state index is 12.8. The third kappa shape index (κ3) is 2.55. The Morgan fingerprint density at radius 1 is 1.04 bits per heavy atom. The Balaban J connectivity index is 1.51. The molecular weight excluding hydrogens is 356 g/mol. The van der Waals surface area contributed by atoms with Crippen LogP contribution < -0.4 is 5.32 Å². The second-order valence-electron chi connectivity index (χ2n) is 7.01. The van der Waals surface area contributed by atoms with Gasteiger partial charge in [-0.15, -0.1) is 0 Å². The smallest absolute Gasteiger partial charge is 0.255 e. The summed E-state index contributed by atoms with van der Waals surface area (Å²) < 4.78 is 0. The highest BCUT2D eigenvalue weighted by molar-refractivity contribution is 6.05. The molecule has 0 aliphatic carbocycles. The Labute approximate surface area is 160 Å². The summed E-state index contributed by atoms with van der Waals surface area (Å²) in [6.45, 7) is 0.340. The lowest BCUT2D eigenvalue weighted by atomic mass is 10.0. The van der Waals surface area contributed by atoms with Crippen molar-refractivity contribution in [1.82, 2.24) is 20.2 Å². The van der Waals surface area contributed by atoms with E-state index in [9.17, 15) is 14.4 Å². The molecule has 2 aromatic heterocycles.